The fourth-order valence-corrected chi connectivity index (χ4v) is 7.60. The summed E-state index contributed by atoms with van der Waals surface area (Å²) in [5.74, 6) is -0.879. The summed E-state index contributed by atoms with van der Waals surface area (Å²) < 4.78 is 10.6. The van der Waals surface area contributed by atoms with Gasteiger partial charge in [-0.05, 0) is 74.2 Å². The molecular weight excluding hydrogens is 400 g/mol. The summed E-state index contributed by atoms with van der Waals surface area (Å²) in [6.45, 7) is 6.06. The molecule has 7 nitrogen and oxygen atoms in total. The van der Waals surface area contributed by atoms with E-state index >= 15 is 0 Å². The number of rotatable bonds is 4. The van der Waals surface area contributed by atoms with E-state index in [2.05, 4.69) is 6.92 Å². The summed E-state index contributed by atoms with van der Waals surface area (Å²) in [6.07, 6.45) is 4.65. The predicted molar refractivity (Wildman–Crippen MR) is 111 cm³/mol. The number of carbonyl (C=O) groups is 3. The van der Waals surface area contributed by atoms with Crippen LogP contribution in [-0.4, -0.2) is 46.4 Å². The molecule has 31 heavy (non-hydrogen) atoms. The van der Waals surface area contributed by atoms with Gasteiger partial charge < -0.3 is 19.7 Å². The van der Waals surface area contributed by atoms with Crippen LogP contribution in [0, 0.1) is 28.6 Å². The van der Waals surface area contributed by atoms with Crippen LogP contribution < -0.4 is 0 Å². The SMILES string of the molecule is CCCOC(=O)OC1(C(=O)O)CC[C@H]2[C@@H]3CCC4=CC(=O)CC[C@]4(C)[C@@H]3C(O)C[C@@]21C. The number of carboxylic acids is 1. The minimum atomic E-state index is -1.70. The van der Waals surface area contributed by atoms with Crippen LogP contribution in [0.3, 0.4) is 0 Å². The summed E-state index contributed by atoms with van der Waals surface area (Å²) in [7, 11) is 0. The Labute approximate surface area is 183 Å². The molecule has 0 aromatic carbocycles. The van der Waals surface area contributed by atoms with E-state index in [0.29, 0.717) is 19.3 Å². The maximum absolute atomic E-state index is 12.5. The predicted octanol–water partition coefficient (Wildman–Crippen LogP) is 3.88. The van der Waals surface area contributed by atoms with Crippen molar-refractivity contribution in [1.29, 1.82) is 0 Å². The number of aliphatic hydroxyl groups is 1. The molecule has 172 valence electrons. The molecule has 7 atom stereocenters. The van der Waals surface area contributed by atoms with Gasteiger partial charge in [-0.2, -0.15) is 0 Å². The van der Waals surface area contributed by atoms with Gasteiger partial charge in [0.15, 0.2) is 5.78 Å². The van der Waals surface area contributed by atoms with Crippen molar-refractivity contribution in [3.05, 3.63) is 11.6 Å². The zero-order valence-corrected chi connectivity index (χ0v) is 18.7. The number of hydrogen-bond acceptors (Lipinski definition) is 6. The average molecular weight is 435 g/mol. The zero-order chi connectivity index (χ0) is 22.6. The Morgan fingerprint density at radius 2 is 1.94 bits per heavy atom. The van der Waals surface area contributed by atoms with Gasteiger partial charge in [0.1, 0.15) is 0 Å². The second-order valence-electron chi connectivity index (χ2n) is 10.4. The first-order valence-corrected chi connectivity index (χ1v) is 11.6. The van der Waals surface area contributed by atoms with Crippen LogP contribution >= 0.6 is 0 Å². The highest BCUT2D eigenvalue weighted by Crippen LogP contribution is 2.68. The summed E-state index contributed by atoms with van der Waals surface area (Å²) in [4.78, 5) is 36.8. The van der Waals surface area contributed by atoms with Crippen molar-refractivity contribution in [2.45, 2.75) is 83.8 Å². The van der Waals surface area contributed by atoms with Crippen LogP contribution in [0.4, 0.5) is 4.79 Å². The van der Waals surface area contributed by atoms with Crippen LogP contribution in [0.5, 0.6) is 0 Å². The fourth-order valence-electron chi connectivity index (χ4n) is 7.60. The first-order valence-electron chi connectivity index (χ1n) is 11.6. The lowest BCUT2D eigenvalue weighted by Gasteiger charge is -2.60. The molecule has 3 fully saturated rings. The van der Waals surface area contributed by atoms with E-state index in [4.69, 9.17) is 9.47 Å². The lowest BCUT2D eigenvalue weighted by molar-refractivity contribution is -0.199. The normalized spacial score (nSPS) is 43.9. The lowest BCUT2D eigenvalue weighted by atomic mass is 9.45. The standard InChI is InChI=1S/C24H34O7/c1-4-11-30-21(29)31-24(20(27)28)10-8-17-16-6-5-14-12-15(25)7-9-22(14,2)19(16)18(26)13-23(17,24)3/h12,16-19,26H,4-11,13H2,1-3H3,(H,27,28)/t16-,17-,18?,19-,22-,23-,24?/m0/s1. The number of allylic oxidation sites excluding steroid dienone is 1. The third kappa shape index (κ3) is 3.14. The van der Waals surface area contributed by atoms with Gasteiger partial charge >= 0.3 is 12.1 Å². The number of aliphatic hydroxyl groups excluding tert-OH is 1. The van der Waals surface area contributed by atoms with Crippen molar-refractivity contribution in [2.75, 3.05) is 6.61 Å². The smallest absolute Gasteiger partial charge is 0.478 e. The molecule has 0 bridgehead atoms. The molecule has 4 aliphatic rings. The van der Waals surface area contributed by atoms with E-state index in [9.17, 15) is 24.6 Å². The van der Waals surface area contributed by atoms with E-state index in [1.54, 1.807) is 6.08 Å². The Balaban J connectivity index is 1.68. The van der Waals surface area contributed by atoms with Crippen LogP contribution in [0.1, 0.15) is 72.1 Å². The Kier molecular flexibility index (Phi) is 5.48. The van der Waals surface area contributed by atoms with E-state index in [1.165, 1.54) is 0 Å². The van der Waals surface area contributed by atoms with Gasteiger partial charge in [0.05, 0.1) is 12.7 Å². The molecule has 0 aliphatic heterocycles. The molecule has 0 aromatic heterocycles. The average Bonchev–Trinajstić information content (AvgIpc) is 2.99. The Bertz CT molecular complexity index is 819. The Morgan fingerprint density at radius 1 is 1.19 bits per heavy atom. The monoisotopic (exact) mass is 434 g/mol. The summed E-state index contributed by atoms with van der Waals surface area (Å²) in [5, 5.41) is 21.6. The topological polar surface area (TPSA) is 110 Å². The van der Waals surface area contributed by atoms with E-state index < -0.39 is 29.2 Å². The molecule has 2 unspecified atom stereocenters. The maximum atomic E-state index is 12.5. The van der Waals surface area contributed by atoms with Gasteiger partial charge in [0.2, 0.25) is 5.60 Å². The number of fused-ring (bicyclic) bond motifs is 5. The third-order valence-electron chi connectivity index (χ3n) is 9.04. The van der Waals surface area contributed by atoms with Gasteiger partial charge in [0.25, 0.3) is 0 Å². The number of carbonyl (C=O) groups excluding carboxylic acids is 2. The Hall–Kier alpha value is -1.89. The molecular formula is C24H34O7. The number of hydrogen-bond donors (Lipinski definition) is 2. The molecule has 3 saturated carbocycles. The van der Waals surface area contributed by atoms with Crippen LogP contribution in [0.15, 0.2) is 11.6 Å². The molecule has 4 rings (SSSR count). The van der Waals surface area contributed by atoms with Crippen LogP contribution in [0.2, 0.25) is 0 Å². The third-order valence-corrected chi connectivity index (χ3v) is 9.04. The number of ether oxygens (including phenoxy) is 2. The largest absolute Gasteiger partial charge is 0.509 e. The number of carboxylic acid groups (broad SMARTS) is 1. The van der Waals surface area contributed by atoms with Gasteiger partial charge in [0, 0.05) is 11.8 Å². The lowest BCUT2D eigenvalue weighted by Crippen LogP contribution is -2.62. The van der Waals surface area contributed by atoms with Crippen molar-refractivity contribution in [3.8, 4) is 0 Å². The van der Waals surface area contributed by atoms with Gasteiger partial charge in [-0.3, -0.25) is 4.79 Å². The molecule has 0 aromatic rings. The van der Waals surface area contributed by atoms with E-state index in [0.717, 1.165) is 24.8 Å². The molecule has 0 saturated heterocycles. The van der Waals surface area contributed by atoms with Gasteiger partial charge in [-0.15, -0.1) is 0 Å². The highest BCUT2D eigenvalue weighted by Gasteiger charge is 2.71. The van der Waals surface area contributed by atoms with Crippen molar-refractivity contribution in [1.82, 2.24) is 0 Å². The van der Waals surface area contributed by atoms with Crippen molar-refractivity contribution in [3.63, 3.8) is 0 Å². The summed E-state index contributed by atoms with van der Waals surface area (Å²) >= 11 is 0. The summed E-state index contributed by atoms with van der Waals surface area (Å²) in [6, 6.07) is 0. The van der Waals surface area contributed by atoms with Crippen LogP contribution in [-0.2, 0) is 19.1 Å². The minimum Gasteiger partial charge on any atom is -0.478 e. The molecule has 0 spiro atoms. The van der Waals surface area contributed by atoms with Crippen molar-refractivity contribution >= 4 is 17.9 Å². The fraction of sp³-hybridized carbons (Fsp3) is 0.792. The van der Waals surface area contributed by atoms with Crippen molar-refractivity contribution < 1.29 is 34.1 Å². The maximum Gasteiger partial charge on any atom is 0.509 e. The molecule has 0 amide bonds. The highest BCUT2D eigenvalue weighted by atomic mass is 16.7. The van der Waals surface area contributed by atoms with Crippen molar-refractivity contribution in [2.24, 2.45) is 28.6 Å². The van der Waals surface area contributed by atoms with Crippen LogP contribution in [0.25, 0.3) is 0 Å². The molecule has 4 aliphatic carbocycles. The van der Waals surface area contributed by atoms with Gasteiger partial charge in [-0.25, -0.2) is 9.59 Å². The first-order chi connectivity index (χ1) is 14.6. The van der Waals surface area contributed by atoms with E-state index in [-0.39, 0.29) is 48.4 Å². The summed E-state index contributed by atoms with van der Waals surface area (Å²) in [5.41, 5.74) is -1.69. The molecule has 2 N–H and O–H groups in total. The van der Waals surface area contributed by atoms with E-state index in [1.807, 2.05) is 13.8 Å². The number of aliphatic carboxylic acids is 1. The first kappa shape index (κ1) is 22.3. The molecule has 0 heterocycles. The number of ketones is 1. The quantitative estimate of drug-likeness (QED) is 0.646. The second kappa shape index (κ2) is 7.61. The highest BCUT2D eigenvalue weighted by molar-refractivity contribution is 5.91. The second-order valence-corrected chi connectivity index (χ2v) is 10.4. The van der Waals surface area contributed by atoms with Gasteiger partial charge in [-0.1, -0.05) is 26.3 Å². The molecule has 7 heteroatoms. The molecule has 0 radical (unpaired) electrons. The zero-order valence-electron chi connectivity index (χ0n) is 18.7. The minimum absolute atomic E-state index is 0.0182. The Morgan fingerprint density at radius 3 is 2.61 bits per heavy atom.